The molecule has 3 fully saturated rings. The van der Waals surface area contributed by atoms with Crippen LogP contribution in [0.25, 0.3) is 0 Å². The predicted octanol–water partition coefficient (Wildman–Crippen LogP) is 3.63. The van der Waals surface area contributed by atoms with Gasteiger partial charge in [-0.2, -0.15) is 0 Å². The van der Waals surface area contributed by atoms with Crippen LogP contribution in [0.4, 0.5) is 0 Å². The third-order valence-electron chi connectivity index (χ3n) is 6.83. The molecule has 0 radical (unpaired) electrons. The highest BCUT2D eigenvalue weighted by atomic mass is 35.5. The molecule has 0 amide bonds. The van der Waals surface area contributed by atoms with Gasteiger partial charge in [-0.05, 0) is 56.8 Å². The molecule has 3 aliphatic carbocycles. The lowest BCUT2D eigenvalue weighted by Gasteiger charge is -2.71. The third-order valence-corrected chi connectivity index (χ3v) is 6.83. The van der Waals surface area contributed by atoms with Gasteiger partial charge in [0.1, 0.15) is 0 Å². The normalized spacial score (nSPS) is 33.8. The minimum absolute atomic E-state index is 0. The molecule has 3 rings (SSSR count). The Morgan fingerprint density at radius 1 is 1.28 bits per heavy atom. The molecule has 0 aromatic rings. The molecule has 0 saturated heterocycles. The van der Waals surface area contributed by atoms with E-state index >= 15 is 0 Å². The van der Waals surface area contributed by atoms with Crippen molar-refractivity contribution < 1.29 is 14.8 Å². The van der Waals surface area contributed by atoms with E-state index in [-0.39, 0.29) is 17.8 Å². The molecule has 3 unspecified atom stereocenters. The van der Waals surface area contributed by atoms with Crippen molar-refractivity contribution in [2.24, 2.45) is 17.1 Å². The van der Waals surface area contributed by atoms with Gasteiger partial charge in [0.15, 0.2) is 0 Å². The summed E-state index contributed by atoms with van der Waals surface area (Å²) in [6.45, 7) is 9.87. The van der Waals surface area contributed by atoms with Gasteiger partial charge in [0, 0.05) is 5.94 Å². The van der Waals surface area contributed by atoms with Crippen LogP contribution in [-0.4, -0.2) is 34.4 Å². The molecule has 0 aromatic heterocycles. The van der Waals surface area contributed by atoms with Gasteiger partial charge in [0.2, 0.25) is 0 Å². The van der Waals surface area contributed by atoms with E-state index < -0.39 is 24.3 Å². The number of aliphatic hydroxyl groups is 1. The zero-order chi connectivity index (χ0) is 18.0. The van der Waals surface area contributed by atoms with Crippen LogP contribution in [-0.2, 0) is 4.65 Å². The maximum Gasteiger partial charge on any atom is 0.472 e. The van der Waals surface area contributed by atoms with Crippen LogP contribution in [0.3, 0.4) is 0 Å². The van der Waals surface area contributed by atoms with Crippen LogP contribution in [0.5, 0.6) is 0 Å². The van der Waals surface area contributed by atoms with E-state index in [0.717, 1.165) is 44.9 Å². The third kappa shape index (κ3) is 4.27. The molecule has 3 aliphatic rings. The summed E-state index contributed by atoms with van der Waals surface area (Å²) in [6, 6.07) is 0. The van der Waals surface area contributed by atoms with Crippen molar-refractivity contribution in [2.45, 2.75) is 95.7 Å². The van der Waals surface area contributed by atoms with Gasteiger partial charge in [-0.3, -0.25) is 0 Å². The molecule has 146 valence electrons. The zero-order valence-electron chi connectivity index (χ0n) is 16.2. The highest BCUT2D eigenvalue weighted by Gasteiger charge is 2.71. The van der Waals surface area contributed by atoms with Crippen LogP contribution < -0.4 is 5.73 Å². The zero-order valence-corrected chi connectivity index (χ0v) is 17.0. The molecule has 0 aromatic carbocycles. The molecule has 4 nitrogen and oxygen atoms in total. The highest BCUT2D eigenvalue weighted by Crippen LogP contribution is 2.67. The summed E-state index contributed by atoms with van der Waals surface area (Å²) in [7, 11) is -1.01. The van der Waals surface area contributed by atoms with Gasteiger partial charge < -0.3 is 20.5 Å². The fourth-order valence-corrected chi connectivity index (χ4v) is 4.88. The number of allylic oxidation sites excluding steroid dienone is 1. The molecule has 0 spiro atoms. The molecule has 0 heterocycles. The quantitative estimate of drug-likeness (QED) is 0.310. The number of rotatable bonds is 10. The van der Waals surface area contributed by atoms with Crippen molar-refractivity contribution in [1.29, 1.82) is 0 Å². The van der Waals surface area contributed by atoms with Gasteiger partial charge in [0.25, 0.3) is 0 Å². The molecule has 6 heteroatoms. The molecule has 4 N–H and O–H groups in total. The lowest BCUT2D eigenvalue weighted by molar-refractivity contribution is -0.305. The van der Waals surface area contributed by atoms with Gasteiger partial charge in [-0.25, -0.2) is 0 Å². The second-order valence-electron chi connectivity index (χ2n) is 8.71. The molecule has 4 atom stereocenters. The van der Waals surface area contributed by atoms with E-state index in [1.165, 1.54) is 12.8 Å². The van der Waals surface area contributed by atoms with Crippen molar-refractivity contribution in [3.8, 4) is 0 Å². The summed E-state index contributed by atoms with van der Waals surface area (Å²) < 4.78 is 6.10. The summed E-state index contributed by atoms with van der Waals surface area (Å²) in [4.78, 5) is 0. The van der Waals surface area contributed by atoms with Gasteiger partial charge in [-0.1, -0.05) is 39.2 Å². The second-order valence-corrected chi connectivity index (χ2v) is 8.71. The van der Waals surface area contributed by atoms with Gasteiger partial charge in [0.05, 0.1) is 11.2 Å². The first-order valence-corrected chi connectivity index (χ1v) is 9.63. The minimum atomic E-state index is -1.01. The summed E-state index contributed by atoms with van der Waals surface area (Å²) in [5, 5.41) is 21.4. The van der Waals surface area contributed by atoms with E-state index in [9.17, 15) is 10.1 Å². The molecule has 25 heavy (non-hydrogen) atoms. The molecular formula is C19H37BClNO3. The highest BCUT2D eigenvalue weighted by molar-refractivity contribution is 6.45. The monoisotopic (exact) mass is 373 g/mol. The standard InChI is InChI=1S/C19H36BNO3.ClH/c1-5-6-7-8-9-10-11-16(21)20(23)24-19-14-15(17(19,2)3)12-13-18(19,4)22;/h5,15-16,22-23H,1,6-14,21H2,2-4H3;1H/t15?,16-,18?,19?;/m1./s1. The maximum atomic E-state index is 10.9. The number of unbranched alkanes of at least 4 members (excludes halogenated alkanes) is 4. The second kappa shape index (κ2) is 8.75. The van der Waals surface area contributed by atoms with Gasteiger partial charge in [-0.15, -0.1) is 19.0 Å². The van der Waals surface area contributed by atoms with Crippen molar-refractivity contribution in [2.75, 3.05) is 0 Å². The average molecular weight is 374 g/mol. The van der Waals surface area contributed by atoms with E-state index in [0.29, 0.717) is 5.92 Å². The Kier molecular flexibility index (Phi) is 8.04. The van der Waals surface area contributed by atoms with E-state index in [1.807, 2.05) is 13.0 Å². The van der Waals surface area contributed by atoms with Crippen LogP contribution in [0.2, 0.25) is 0 Å². The van der Waals surface area contributed by atoms with Crippen LogP contribution in [0.15, 0.2) is 12.7 Å². The van der Waals surface area contributed by atoms with Gasteiger partial charge >= 0.3 is 7.12 Å². The van der Waals surface area contributed by atoms with E-state index in [1.54, 1.807) is 0 Å². The first kappa shape index (κ1) is 23.0. The summed E-state index contributed by atoms with van der Waals surface area (Å²) in [6.07, 6.45) is 10.8. The first-order valence-electron chi connectivity index (χ1n) is 9.63. The first-order chi connectivity index (χ1) is 11.2. The number of halogens is 1. The van der Waals surface area contributed by atoms with Crippen LogP contribution in [0.1, 0.15) is 78.6 Å². The Hall–Kier alpha value is -0.0651. The van der Waals surface area contributed by atoms with Crippen LogP contribution in [0, 0.1) is 11.3 Å². The van der Waals surface area contributed by atoms with Crippen molar-refractivity contribution in [3.05, 3.63) is 12.7 Å². The largest absolute Gasteiger partial charge is 0.472 e. The Morgan fingerprint density at radius 3 is 2.48 bits per heavy atom. The topological polar surface area (TPSA) is 75.7 Å². The van der Waals surface area contributed by atoms with Crippen LogP contribution >= 0.6 is 12.4 Å². The smallest absolute Gasteiger partial charge is 0.426 e. The van der Waals surface area contributed by atoms with E-state index in [4.69, 9.17) is 10.4 Å². The molecular weight excluding hydrogens is 336 g/mol. The molecule has 2 bridgehead atoms. The fraction of sp³-hybridized carbons (Fsp3) is 0.895. The van der Waals surface area contributed by atoms with Crippen molar-refractivity contribution in [1.82, 2.24) is 0 Å². The lowest BCUT2D eigenvalue weighted by Crippen LogP contribution is -2.77. The number of hydrogen-bond donors (Lipinski definition) is 3. The number of nitrogens with two attached hydrogens (primary N) is 1. The summed E-state index contributed by atoms with van der Waals surface area (Å²) in [5.74, 6) is 0.164. The Balaban J connectivity index is 0.00000312. The Morgan fingerprint density at radius 2 is 1.92 bits per heavy atom. The average Bonchev–Trinajstić information content (AvgIpc) is 2.51. The van der Waals surface area contributed by atoms with Crippen molar-refractivity contribution >= 4 is 19.5 Å². The Bertz CT molecular complexity index is 436. The molecule has 0 aliphatic heterocycles. The Labute approximate surface area is 160 Å². The summed E-state index contributed by atoms with van der Waals surface area (Å²) >= 11 is 0. The SMILES string of the molecule is C=CCCCCCC[C@@H](N)B(O)OC12CC(CCC1(C)O)C2(C)C.Cl. The predicted molar refractivity (Wildman–Crippen MR) is 107 cm³/mol. The van der Waals surface area contributed by atoms with E-state index in [2.05, 4.69) is 20.4 Å². The maximum absolute atomic E-state index is 10.9. The number of hydrogen-bond acceptors (Lipinski definition) is 4. The summed E-state index contributed by atoms with van der Waals surface area (Å²) in [5.41, 5.74) is 4.45. The minimum Gasteiger partial charge on any atom is -0.426 e. The number of fused-ring (bicyclic) bond motifs is 2. The molecule has 3 saturated carbocycles. The fourth-order valence-electron chi connectivity index (χ4n) is 4.88. The van der Waals surface area contributed by atoms with Crippen molar-refractivity contribution in [3.63, 3.8) is 0 Å². The lowest BCUT2D eigenvalue weighted by atomic mass is 9.40.